The number of hydrogen-bond donors (Lipinski definition) is 0. The van der Waals surface area contributed by atoms with Crippen molar-refractivity contribution in [3.63, 3.8) is 0 Å². The predicted molar refractivity (Wildman–Crippen MR) is 124 cm³/mol. The lowest BCUT2D eigenvalue weighted by Gasteiger charge is -2.41. The molecular formula is C25H24ClNO4S. The van der Waals surface area contributed by atoms with Crippen LogP contribution < -0.4 is 4.74 Å². The molecule has 1 saturated heterocycles. The number of benzene rings is 3. The van der Waals surface area contributed by atoms with Crippen LogP contribution in [0.25, 0.3) is 0 Å². The number of Topliss-reactive ketones (excluding diaryl/α,β-unsaturated/α-hetero) is 1. The minimum absolute atomic E-state index is 0.00569. The van der Waals surface area contributed by atoms with Crippen LogP contribution in [0.5, 0.6) is 5.75 Å². The number of rotatable bonds is 5. The molecule has 3 aromatic rings. The maximum atomic E-state index is 13.9. The van der Waals surface area contributed by atoms with E-state index in [1.807, 2.05) is 25.1 Å². The summed E-state index contributed by atoms with van der Waals surface area (Å²) in [6.07, 6.45) is 0.201. The molecule has 0 radical (unpaired) electrons. The van der Waals surface area contributed by atoms with Gasteiger partial charge >= 0.3 is 0 Å². The Hall–Kier alpha value is -2.67. The summed E-state index contributed by atoms with van der Waals surface area (Å²) in [7, 11) is -2.35. The molecule has 0 bridgehead atoms. The first kappa shape index (κ1) is 22.5. The molecule has 1 fully saturated rings. The highest BCUT2D eigenvalue weighted by molar-refractivity contribution is 7.89. The molecule has 1 heterocycles. The standard InChI is InChI=1S/C25H24ClNO4S/c1-17-6-12-23(13-7-17)32(29,30)27-24(18-8-10-22(31-2)11-9-18)15-21(28)16-25(27)19-4-3-5-20(26)14-19/h3-14,24-25H,15-16H2,1-2H3/t24-,25+/m1/s1. The maximum Gasteiger partial charge on any atom is 0.244 e. The van der Waals surface area contributed by atoms with Gasteiger partial charge in [-0.3, -0.25) is 4.79 Å². The minimum Gasteiger partial charge on any atom is -0.497 e. The van der Waals surface area contributed by atoms with Crippen LogP contribution in [-0.4, -0.2) is 25.6 Å². The Morgan fingerprint density at radius 3 is 2.12 bits per heavy atom. The van der Waals surface area contributed by atoms with Gasteiger partial charge in [-0.25, -0.2) is 8.42 Å². The van der Waals surface area contributed by atoms with Crippen LogP contribution >= 0.6 is 11.6 Å². The highest BCUT2D eigenvalue weighted by Crippen LogP contribution is 2.44. The van der Waals surface area contributed by atoms with E-state index >= 15 is 0 Å². The zero-order valence-corrected chi connectivity index (χ0v) is 19.4. The van der Waals surface area contributed by atoms with Crippen molar-refractivity contribution in [3.8, 4) is 5.75 Å². The molecule has 2 atom stereocenters. The summed E-state index contributed by atoms with van der Waals surface area (Å²) in [5.41, 5.74) is 2.40. The van der Waals surface area contributed by atoms with Gasteiger partial charge in [-0.15, -0.1) is 0 Å². The Bertz CT molecular complexity index is 1220. The van der Waals surface area contributed by atoms with E-state index in [1.54, 1.807) is 61.7 Å². The Labute approximate surface area is 193 Å². The van der Waals surface area contributed by atoms with Gasteiger partial charge < -0.3 is 4.74 Å². The van der Waals surface area contributed by atoms with Gasteiger partial charge in [0.25, 0.3) is 0 Å². The Morgan fingerprint density at radius 1 is 0.906 bits per heavy atom. The molecule has 4 rings (SSSR count). The topological polar surface area (TPSA) is 63.7 Å². The first-order valence-electron chi connectivity index (χ1n) is 10.3. The van der Waals surface area contributed by atoms with Crippen molar-refractivity contribution < 1.29 is 17.9 Å². The predicted octanol–water partition coefficient (Wildman–Crippen LogP) is 5.49. The van der Waals surface area contributed by atoms with E-state index in [-0.39, 0.29) is 23.5 Å². The monoisotopic (exact) mass is 469 g/mol. The van der Waals surface area contributed by atoms with Crippen LogP contribution in [-0.2, 0) is 14.8 Å². The van der Waals surface area contributed by atoms with Gasteiger partial charge in [-0.1, -0.05) is 53.6 Å². The number of carbonyl (C=O) groups is 1. The van der Waals surface area contributed by atoms with Crippen molar-refractivity contribution in [1.29, 1.82) is 0 Å². The van der Waals surface area contributed by atoms with Crippen molar-refractivity contribution in [2.24, 2.45) is 0 Å². The second kappa shape index (κ2) is 9.06. The van der Waals surface area contributed by atoms with Gasteiger partial charge in [0.15, 0.2) is 0 Å². The third-order valence-corrected chi connectivity index (χ3v) is 7.95. The first-order chi connectivity index (χ1) is 15.3. The molecule has 0 unspecified atom stereocenters. The zero-order chi connectivity index (χ0) is 22.9. The first-order valence-corrected chi connectivity index (χ1v) is 12.1. The van der Waals surface area contributed by atoms with Crippen molar-refractivity contribution in [2.45, 2.75) is 36.7 Å². The van der Waals surface area contributed by atoms with Crippen LogP contribution in [0.15, 0.2) is 77.7 Å². The number of halogens is 1. The van der Waals surface area contributed by atoms with Crippen LogP contribution in [0.2, 0.25) is 5.02 Å². The highest BCUT2D eigenvalue weighted by atomic mass is 35.5. The average Bonchev–Trinajstić information content (AvgIpc) is 2.78. The molecule has 0 N–H and O–H groups in total. The van der Waals surface area contributed by atoms with Crippen molar-refractivity contribution in [3.05, 3.63) is 94.5 Å². The van der Waals surface area contributed by atoms with Crippen molar-refractivity contribution in [2.75, 3.05) is 7.11 Å². The quantitative estimate of drug-likeness (QED) is 0.495. The molecule has 5 nitrogen and oxygen atoms in total. The second-order valence-corrected chi connectivity index (χ2v) is 10.2. The fourth-order valence-corrected chi connectivity index (χ4v) is 6.13. The summed E-state index contributed by atoms with van der Waals surface area (Å²) < 4.78 is 34.6. The number of carbonyl (C=O) groups excluding carboxylic acids is 1. The van der Waals surface area contributed by atoms with Gasteiger partial charge in [0.05, 0.1) is 24.1 Å². The number of piperidine rings is 1. The lowest BCUT2D eigenvalue weighted by Crippen LogP contribution is -2.43. The molecule has 7 heteroatoms. The van der Waals surface area contributed by atoms with Gasteiger partial charge in [0.1, 0.15) is 11.5 Å². The molecule has 0 aromatic heterocycles. The van der Waals surface area contributed by atoms with E-state index < -0.39 is 22.1 Å². The summed E-state index contributed by atoms with van der Waals surface area (Å²) in [5, 5.41) is 0.495. The second-order valence-electron chi connectivity index (χ2n) is 7.95. The summed E-state index contributed by atoms with van der Waals surface area (Å²) in [6.45, 7) is 1.91. The normalized spacial score (nSPS) is 19.7. The maximum absolute atomic E-state index is 13.9. The number of ether oxygens (including phenoxy) is 1. The summed E-state index contributed by atoms with van der Waals surface area (Å²) in [6, 6.07) is 19.7. The van der Waals surface area contributed by atoms with Crippen LogP contribution in [0.1, 0.15) is 41.6 Å². The fourth-order valence-electron chi connectivity index (χ4n) is 4.15. The van der Waals surface area contributed by atoms with E-state index in [1.165, 1.54) is 4.31 Å². The fraction of sp³-hybridized carbons (Fsp3) is 0.240. The number of aryl methyl sites for hydroxylation is 1. The highest BCUT2D eigenvalue weighted by Gasteiger charge is 2.44. The Morgan fingerprint density at radius 2 is 1.53 bits per heavy atom. The Balaban J connectivity index is 1.88. The lowest BCUT2D eigenvalue weighted by atomic mass is 9.89. The molecule has 1 aliphatic rings. The van der Waals surface area contributed by atoms with Gasteiger partial charge in [0.2, 0.25) is 10.0 Å². The third-order valence-electron chi connectivity index (χ3n) is 5.79. The van der Waals surface area contributed by atoms with Gasteiger partial charge in [-0.2, -0.15) is 4.31 Å². The summed E-state index contributed by atoms with van der Waals surface area (Å²) in [4.78, 5) is 13.0. The van der Waals surface area contributed by atoms with Gasteiger partial charge in [0, 0.05) is 17.9 Å². The molecule has 1 aliphatic heterocycles. The molecule has 0 amide bonds. The smallest absolute Gasteiger partial charge is 0.244 e. The molecule has 0 aliphatic carbocycles. The Kier molecular flexibility index (Phi) is 6.38. The lowest BCUT2D eigenvalue weighted by molar-refractivity contribution is -0.123. The molecule has 0 saturated carbocycles. The number of nitrogens with zero attached hydrogens (tertiary/aromatic N) is 1. The minimum atomic E-state index is -3.92. The number of methoxy groups -OCH3 is 1. The largest absolute Gasteiger partial charge is 0.497 e. The number of ketones is 1. The van der Waals surface area contributed by atoms with Crippen LogP contribution in [0, 0.1) is 6.92 Å². The van der Waals surface area contributed by atoms with Crippen molar-refractivity contribution >= 4 is 27.4 Å². The van der Waals surface area contributed by atoms with E-state index in [0.29, 0.717) is 16.3 Å². The van der Waals surface area contributed by atoms with E-state index in [4.69, 9.17) is 16.3 Å². The SMILES string of the molecule is COc1ccc([C@H]2CC(=O)C[C@@H](c3cccc(Cl)c3)N2S(=O)(=O)c2ccc(C)cc2)cc1. The van der Waals surface area contributed by atoms with E-state index in [9.17, 15) is 13.2 Å². The van der Waals surface area contributed by atoms with E-state index in [2.05, 4.69) is 0 Å². The average molecular weight is 470 g/mol. The molecular weight excluding hydrogens is 446 g/mol. The molecule has 3 aromatic carbocycles. The number of hydrogen-bond acceptors (Lipinski definition) is 4. The zero-order valence-electron chi connectivity index (χ0n) is 17.9. The van der Waals surface area contributed by atoms with Gasteiger partial charge in [-0.05, 0) is 54.4 Å². The summed E-state index contributed by atoms with van der Waals surface area (Å²) in [5.74, 6) is 0.668. The number of sulfonamides is 1. The molecule has 0 spiro atoms. The third kappa shape index (κ3) is 4.44. The molecule has 166 valence electrons. The van der Waals surface area contributed by atoms with Crippen LogP contribution in [0.3, 0.4) is 0 Å². The summed E-state index contributed by atoms with van der Waals surface area (Å²) >= 11 is 6.22. The molecule has 32 heavy (non-hydrogen) atoms. The van der Waals surface area contributed by atoms with Crippen molar-refractivity contribution in [1.82, 2.24) is 4.31 Å². The van der Waals surface area contributed by atoms with Crippen LogP contribution in [0.4, 0.5) is 0 Å². The van der Waals surface area contributed by atoms with E-state index in [0.717, 1.165) is 11.1 Å².